The Labute approximate surface area is 142 Å². The van der Waals surface area contributed by atoms with Gasteiger partial charge in [-0.15, -0.1) is 0 Å². The molecule has 1 N–H and O–H groups in total. The fourth-order valence-electron chi connectivity index (χ4n) is 5.61. The molecule has 0 bridgehead atoms. The molecular formula is C20H26O4. The molecule has 4 nitrogen and oxygen atoms in total. The van der Waals surface area contributed by atoms with E-state index >= 15 is 0 Å². The second kappa shape index (κ2) is 4.98. The van der Waals surface area contributed by atoms with Crippen molar-refractivity contribution in [2.75, 3.05) is 0 Å². The van der Waals surface area contributed by atoms with E-state index in [4.69, 9.17) is 9.15 Å². The molecule has 4 rings (SSSR count). The Morgan fingerprint density at radius 2 is 2.17 bits per heavy atom. The van der Waals surface area contributed by atoms with Crippen molar-refractivity contribution in [3.63, 3.8) is 0 Å². The van der Waals surface area contributed by atoms with Crippen LogP contribution in [0.25, 0.3) is 0 Å². The van der Waals surface area contributed by atoms with Crippen LogP contribution in [0.2, 0.25) is 0 Å². The number of hydrogen-bond donors (Lipinski definition) is 1. The van der Waals surface area contributed by atoms with Crippen molar-refractivity contribution in [3.8, 4) is 0 Å². The Balaban J connectivity index is 1.71. The van der Waals surface area contributed by atoms with Gasteiger partial charge in [-0.05, 0) is 60.6 Å². The monoisotopic (exact) mass is 330 g/mol. The van der Waals surface area contributed by atoms with Gasteiger partial charge in [0.15, 0.2) is 5.60 Å². The van der Waals surface area contributed by atoms with Gasteiger partial charge in [0, 0.05) is 0 Å². The zero-order chi connectivity index (χ0) is 17.2. The Morgan fingerprint density at radius 3 is 2.88 bits per heavy atom. The second-order valence-corrected chi connectivity index (χ2v) is 8.41. The highest BCUT2D eigenvalue weighted by Crippen LogP contribution is 2.66. The fraction of sp³-hybridized carbons (Fsp3) is 0.650. The third-order valence-corrected chi connectivity index (χ3v) is 7.53. The molecule has 0 spiro atoms. The molecule has 1 saturated carbocycles. The highest BCUT2D eigenvalue weighted by molar-refractivity contribution is 5.86. The van der Waals surface area contributed by atoms with Crippen LogP contribution in [-0.2, 0) is 16.0 Å². The second-order valence-electron chi connectivity index (χ2n) is 8.41. The van der Waals surface area contributed by atoms with E-state index in [-0.39, 0.29) is 17.4 Å². The lowest BCUT2D eigenvalue weighted by Crippen LogP contribution is -2.62. The van der Waals surface area contributed by atoms with E-state index in [2.05, 4.69) is 20.8 Å². The van der Waals surface area contributed by atoms with Crippen LogP contribution >= 0.6 is 0 Å². The number of carbonyl (C=O) groups is 1. The molecule has 1 aliphatic heterocycles. The number of allylic oxidation sites excluding steroid dienone is 1. The van der Waals surface area contributed by atoms with E-state index in [0.717, 1.165) is 25.7 Å². The van der Waals surface area contributed by atoms with Crippen molar-refractivity contribution in [1.82, 2.24) is 0 Å². The summed E-state index contributed by atoms with van der Waals surface area (Å²) in [6.07, 6.45) is 10.6. The topological polar surface area (TPSA) is 59.7 Å². The molecule has 1 saturated heterocycles. The zero-order valence-corrected chi connectivity index (χ0v) is 14.6. The lowest BCUT2D eigenvalue weighted by Gasteiger charge is -2.59. The molecule has 0 radical (unpaired) electrons. The summed E-state index contributed by atoms with van der Waals surface area (Å²) in [5.41, 5.74) is -0.778. The number of hydrogen-bond acceptors (Lipinski definition) is 4. The number of ether oxygens (including phenoxy) is 1. The van der Waals surface area contributed by atoms with E-state index < -0.39 is 17.0 Å². The number of aryl methyl sites for hydroxylation is 1. The summed E-state index contributed by atoms with van der Waals surface area (Å²) in [5, 5.41) is 11.1. The van der Waals surface area contributed by atoms with Gasteiger partial charge in [-0.3, -0.25) is 0 Å². The summed E-state index contributed by atoms with van der Waals surface area (Å²) in [6.45, 7) is 6.64. The molecule has 2 fully saturated rings. The Morgan fingerprint density at radius 1 is 1.38 bits per heavy atom. The maximum atomic E-state index is 12.4. The van der Waals surface area contributed by atoms with Gasteiger partial charge in [0.25, 0.3) is 0 Å². The third-order valence-electron chi connectivity index (χ3n) is 7.53. The van der Waals surface area contributed by atoms with Crippen molar-refractivity contribution in [1.29, 1.82) is 0 Å². The van der Waals surface area contributed by atoms with Crippen LogP contribution in [0.3, 0.4) is 0 Å². The quantitative estimate of drug-likeness (QED) is 0.681. The average Bonchev–Trinajstić information content (AvgIpc) is 3.12. The van der Waals surface area contributed by atoms with Gasteiger partial charge in [-0.2, -0.15) is 0 Å². The van der Waals surface area contributed by atoms with Crippen LogP contribution in [0, 0.1) is 22.7 Å². The van der Waals surface area contributed by atoms with Gasteiger partial charge >= 0.3 is 5.97 Å². The van der Waals surface area contributed by atoms with Crippen LogP contribution in [0.5, 0.6) is 0 Å². The molecule has 0 amide bonds. The highest BCUT2D eigenvalue weighted by atomic mass is 16.6. The Bertz CT molecular complexity index is 678. The van der Waals surface area contributed by atoms with Crippen LogP contribution in [0.1, 0.15) is 45.6 Å². The minimum atomic E-state index is -1.47. The molecule has 1 aromatic rings. The first kappa shape index (κ1) is 15.9. The van der Waals surface area contributed by atoms with Gasteiger partial charge in [0.1, 0.15) is 6.10 Å². The number of rotatable bonds is 3. The number of esters is 1. The smallest absolute Gasteiger partial charge is 0.343 e. The van der Waals surface area contributed by atoms with E-state index in [9.17, 15) is 9.90 Å². The van der Waals surface area contributed by atoms with E-state index in [1.807, 2.05) is 12.1 Å². The number of furan rings is 1. The number of carbonyl (C=O) groups excluding carboxylic acids is 1. The summed E-state index contributed by atoms with van der Waals surface area (Å²) in [7, 11) is 0. The van der Waals surface area contributed by atoms with Gasteiger partial charge in [0.2, 0.25) is 0 Å². The summed E-state index contributed by atoms with van der Waals surface area (Å²) < 4.78 is 10.8. The summed E-state index contributed by atoms with van der Waals surface area (Å²) in [5.74, 6) is 0.170. The largest absolute Gasteiger partial charge is 0.472 e. The normalized spacial score (nSPS) is 46.7. The van der Waals surface area contributed by atoms with Crippen LogP contribution < -0.4 is 0 Å². The highest BCUT2D eigenvalue weighted by Gasteiger charge is 2.72. The molecule has 3 aliphatic rings. The minimum Gasteiger partial charge on any atom is -0.472 e. The molecular weight excluding hydrogens is 304 g/mol. The maximum absolute atomic E-state index is 12.4. The molecule has 2 heterocycles. The average molecular weight is 330 g/mol. The first-order valence-corrected chi connectivity index (χ1v) is 8.94. The molecule has 4 heteroatoms. The molecule has 1 aromatic heterocycles. The summed E-state index contributed by atoms with van der Waals surface area (Å²) in [4.78, 5) is 12.4. The summed E-state index contributed by atoms with van der Waals surface area (Å²) in [6, 6.07) is 2.01. The minimum absolute atomic E-state index is 0.0369. The van der Waals surface area contributed by atoms with Crippen molar-refractivity contribution in [2.24, 2.45) is 22.7 Å². The zero-order valence-electron chi connectivity index (χ0n) is 14.6. The molecule has 2 aliphatic carbocycles. The van der Waals surface area contributed by atoms with E-state index in [1.54, 1.807) is 18.6 Å². The Kier molecular flexibility index (Phi) is 3.31. The lowest BCUT2D eigenvalue weighted by atomic mass is 9.44. The van der Waals surface area contributed by atoms with Crippen molar-refractivity contribution >= 4 is 5.97 Å². The van der Waals surface area contributed by atoms with Gasteiger partial charge in [-0.25, -0.2) is 4.79 Å². The maximum Gasteiger partial charge on any atom is 0.343 e. The first-order valence-electron chi connectivity index (χ1n) is 8.94. The number of aliphatic hydroxyl groups is 1. The third kappa shape index (κ3) is 1.81. The fourth-order valence-corrected chi connectivity index (χ4v) is 5.61. The van der Waals surface area contributed by atoms with Gasteiger partial charge in [0.05, 0.1) is 17.9 Å². The SMILES string of the molecule is C[C@H]1C[C@@H]2OC(=O)[C@@]3(O)C=CC[C@@H]([C@]1(C)CCc1ccoc1)[C@@]23C. The standard InChI is InChI=1S/C20H26O4/c1-13-11-16-19(3)15(5-4-8-20(19,22)17(21)24-16)18(13,2)9-6-14-7-10-23-12-14/h4,7-8,10,12-13,15-16,22H,5-6,9,11H2,1-3H3/t13-,15-,16-,18+,19-,20-/m0/s1. The summed E-state index contributed by atoms with van der Waals surface area (Å²) >= 11 is 0. The van der Waals surface area contributed by atoms with Crippen LogP contribution in [0.4, 0.5) is 0 Å². The van der Waals surface area contributed by atoms with Gasteiger partial charge in [-0.1, -0.05) is 26.8 Å². The molecule has 0 aromatic carbocycles. The van der Waals surface area contributed by atoms with E-state index in [1.165, 1.54) is 5.56 Å². The van der Waals surface area contributed by atoms with Crippen LogP contribution in [0.15, 0.2) is 35.2 Å². The Hall–Kier alpha value is -1.55. The lowest BCUT2D eigenvalue weighted by molar-refractivity contribution is -0.158. The molecule has 130 valence electrons. The van der Waals surface area contributed by atoms with Crippen molar-refractivity contribution < 1.29 is 19.1 Å². The predicted molar refractivity (Wildman–Crippen MR) is 89.1 cm³/mol. The van der Waals surface area contributed by atoms with Crippen molar-refractivity contribution in [2.45, 2.75) is 58.2 Å². The van der Waals surface area contributed by atoms with Crippen LogP contribution in [-0.4, -0.2) is 22.8 Å². The van der Waals surface area contributed by atoms with Crippen molar-refractivity contribution in [3.05, 3.63) is 36.3 Å². The first-order chi connectivity index (χ1) is 11.3. The molecule has 24 heavy (non-hydrogen) atoms. The predicted octanol–water partition coefficient (Wildman–Crippen LogP) is 3.50. The molecule has 0 unspecified atom stereocenters. The van der Waals surface area contributed by atoms with Gasteiger partial charge < -0.3 is 14.3 Å². The van der Waals surface area contributed by atoms with E-state index in [0.29, 0.717) is 5.92 Å². The molecule has 6 atom stereocenters.